The summed E-state index contributed by atoms with van der Waals surface area (Å²) in [6, 6.07) is 0. The van der Waals surface area contributed by atoms with Crippen LogP contribution in [0.15, 0.2) is 0 Å². The first-order valence-corrected chi connectivity index (χ1v) is 8.83. The number of aromatic nitrogens is 2. The number of aryl methyl sites for hydroxylation is 2. The summed E-state index contributed by atoms with van der Waals surface area (Å²) in [4.78, 5) is 0. The molecule has 0 aliphatic rings. The van der Waals surface area contributed by atoms with Gasteiger partial charge in [0, 0.05) is 17.8 Å². The molecule has 1 N–H and O–H groups in total. The summed E-state index contributed by atoms with van der Waals surface area (Å²) in [5.74, 6) is 0. The minimum atomic E-state index is -0.364. The molecule has 0 amide bonds. The molecule has 0 fully saturated rings. The van der Waals surface area contributed by atoms with Gasteiger partial charge in [0.15, 0.2) is 0 Å². The number of aliphatic hydroxyl groups is 1. The van der Waals surface area contributed by atoms with E-state index in [0.29, 0.717) is 0 Å². The summed E-state index contributed by atoms with van der Waals surface area (Å²) in [5.41, 5.74) is 3.17. The number of rotatable bonds is 11. The van der Waals surface area contributed by atoms with E-state index >= 15 is 0 Å². The molecule has 0 spiro atoms. The van der Waals surface area contributed by atoms with Gasteiger partial charge in [0.25, 0.3) is 0 Å². The van der Waals surface area contributed by atoms with Crippen LogP contribution in [0.25, 0.3) is 0 Å². The molecule has 0 saturated heterocycles. The highest BCUT2D eigenvalue weighted by atomic mass is 16.3. The molecule has 21 heavy (non-hydrogen) atoms. The summed E-state index contributed by atoms with van der Waals surface area (Å²) in [6.07, 6.45) is 11.1. The number of hydrogen-bond acceptors (Lipinski definition) is 2. The van der Waals surface area contributed by atoms with Crippen LogP contribution in [0.1, 0.15) is 94.7 Å². The summed E-state index contributed by atoms with van der Waals surface area (Å²) >= 11 is 0. The van der Waals surface area contributed by atoms with Crippen molar-refractivity contribution in [1.29, 1.82) is 0 Å². The van der Waals surface area contributed by atoms with E-state index in [4.69, 9.17) is 0 Å². The Hall–Kier alpha value is -0.830. The van der Waals surface area contributed by atoms with Gasteiger partial charge in [-0.2, -0.15) is 5.10 Å². The Balaban J connectivity index is 2.30. The third-order valence-corrected chi connectivity index (χ3v) is 4.38. The minimum Gasteiger partial charge on any atom is -0.388 e. The molecule has 0 aliphatic carbocycles. The van der Waals surface area contributed by atoms with Gasteiger partial charge in [-0.15, -0.1) is 0 Å². The Labute approximate surface area is 130 Å². The fourth-order valence-electron chi connectivity index (χ4n) is 3.01. The van der Waals surface area contributed by atoms with Crippen LogP contribution < -0.4 is 0 Å². The Bertz CT molecular complexity index is 398. The molecule has 1 atom stereocenters. The second-order valence-electron chi connectivity index (χ2n) is 6.21. The molecule has 0 radical (unpaired) electrons. The zero-order chi connectivity index (χ0) is 15.7. The third-order valence-electron chi connectivity index (χ3n) is 4.38. The lowest BCUT2D eigenvalue weighted by molar-refractivity contribution is 0.172. The number of hydrogen-bond donors (Lipinski definition) is 1. The van der Waals surface area contributed by atoms with Crippen molar-refractivity contribution in [2.75, 3.05) is 0 Å². The Morgan fingerprint density at radius 1 is 0.952 bits per heavy atom. The lowest BCUT2D eigenvalue weighted by Crippen LogP contribution is -2.04. The maximum atomic E-state index is 10.1. The second kappa shape index (κ2) is 9.99. The van der Waals surface area contributed by atoms with Gasteiger partial charge in [-0.05, 0) is 26.7 Å². The van der Waals surface area contributed by atoms with Crippen LogP contribution in [0, 0.1) is 13.8 Å². The molecular weight excluding hydrogens is 260 g/mol. The van der Waals surface area contributed by atoms with Gasteiger partial charge >= 0.3 is 0 Å². The predicted molar refractivity (Wildman–Crippen MR) is 89.6 cm³/mol. The average molecular weight is 294 g/mol. The van der Waals surface area contributed by atoms with Gasteiger partial charge in [-0.25, -0.2) is 0 Å². The summed E-state index contributed by atoms with van der Waals surface area (Å²) in [7, 11) is 0. The Morgan fingerprint density at radius 3 is 2.10 bits per heavy atom. The van der Waals surface area contributed by atoms with Crippen LogP contribution >= 0.6 is 0 Å². The van der Waals surface area contributed by atoms with Crippen LogP contribution in [0.4, 0.5) is 0 Å². The number of unbranched alkanes of at least 4 members (excludes halogenated alkanes) is 7. The third kappa shape index (κ3) is 5.82. The smallest absolute Gasteiger partial charge is 0.0823 e. The van der Waals surface area contributed by atoms with Crippen molar-refractivity contribution in [1.82, 2.24) is 9.78 Å². The van der Waals surface area contributed by atoms with E-state index in [-0.39, 0.29) is 6.10 Å². The standard InChI is InChI=1S/C18H34N2O/c1-5-7-8-9-10-11-12-13-14-20-16(4)18(15(3)19-20)17(21)6-2/h17,21H,5-14H2,1-4H3. The van der Waals surface area contributed by atoms with Crippen LogP contribution in [0.3, 0.4) is 0 Å². The maximum absolute atomic E-state index is 10.1. The first kappa shape index (κ1) is 18.2. The minimum absolute atomic E-state index is 0.364. The van der Waals surface area contributed by atoms with Crippen molar-refractivity contribution in [3.05, 3.63) is 17.0 Å². The molecule has 122 valence electrons. The zero-order valence-electron chi connectivity index (χ0n) is 14.5. The van der Waals surface area contributed by atoms with Crippen molar-refractivity contribution < 1.29 is 5.11 Å². The van der Waals surface area contributed by atoms with E-state index in [9.17, 15) is 5.11 Å². The molecule has 1 aromatic heterocycles. The summed E-state index contributed by atoms with van der Waals surface area (Å²) < 4.78 is 2.08. The molecule has 0 saturated carbocycles. The number of nitrogens with zero attached hydrogens (tertiary/aromatic N) is 2. The number of aliphatic hydroxyl groups excluding tert-OH is 1. The fourth-order valence-corrected chi connectivity index (χ4v) is 3.01. The quantitative estimate of drug-likeness (QED) is 0.578. The van der Waals surface area contributed by atoms with E-state index in [1.54, 1.807) is 0 Å². The van der Waals surface area contributed by atoms with Crippen molar-refractivity contribution in [2.24, 2.45) is 0 Å². The second-order valence-corrected chi connectivity index (χ2v) is 6.21. The van der Waals surface area contributed by atoms with E-state index < -0.39 is 0 Å². The van der Waals surface area contributed by atoms with Crippen LogP contribution in [0.2, 0.25) is 0 Å². The average Bonchev–Trinajstić information content (AvgIpc) is 2.75. The maximum Gasteiger partial charge on any atom is 0.0823 e. The van der Waals surface area contributed by atoms with Gasteiger partial charge < -0.3 is 5.11 Å². The van der Waals surface area contributed by atoms with E-state index in [0.717, 1.165) is 29.9 Å². The molecule has 0 aliphatic heterocycles. The Kier molecular flexibility index (Phi) is 8.67. The van der Waals surface area contributed by atoms with Crippen LogP contribution in [-0.2, 0) is 6.54 Å². The van der Waals surface area contributed by atoms with Gasteiger partial charge in [0.1, 0.15) is 0 Å². The summed E-state index contributed by atoms with van der Waals surface area (Å²) in [6.45, 7) is 9.35. The molecular formula is C18H34N2O. The summed E-state index contributed by atoms with van der Waals surface area (Å²) in [5, 5.41) is 14.7. The van der Waals surface area contributed by atoms with Crippen molar-refractivity contribution in [2.45, 2.75) is 98.1 Å². The first-order chi connectivity index (χ1) is 10.1. The Morgan fingerprint density at radius 2 is 1.52 bits per heavy atom. The highest BCUT2D eigenvalue weighted by molar-refractivity contribution is 5.26. The van der Waals surface area contributed by atoms with E-state index in [1.807, 2.05) is 13.8 Å². The largest absolute Gasteiger partial charge is 0.388 e. The van der Waals surface area contributed by atoms with Crippen LogP contribution in [-0.4, -0.2) is 14.9 Å². The first-order valence-electron chi connectivity index (χ1n) is 8.83. The molecule has 1 unspecified atom stereocenters. The molecule has 1 rings (SSSR count). The van der Waals surface area contributed by atoms with Crippen LogP contribution in [0.5, 0.6) is 0 Å². The van der Waals surface area contributed by atoms with E-state index in [2.05, 4.69) is 23.6 Å². The monoisotopic (exact) mass is 294 g/mol. The van der Waals surface area contributed by atoms with Gasteiger partial charge in [0.05, 0.1) is 11.8 Å². The zero-order valence-corrected chi connectivity index (χ0v) is 14.5. The van der Waals surface area contributed by atoms with Crippen molar-refractivity contribution in [3.8, 4) is 0 Å². The normalized spacial score (nSPS) is 12.8. The molecule has 1 aromatic rings. The van der Waals surface area contributed by atoms with Gasteiger partial charge in [0.2, 0.25) is 0 Å². The topological polar surface area (TPSA) is 38.0 Å². The highest BCUT2D eigenvalue weighted by Gasteiger charge is 2.17. The van der Waals surface area contributed by atoms with Gasteiger partial charge in [-0.3, -0.25) is 4.68 Å². The fraction of sp³-hybridized carbons (Fsp3) is 0.833. The molecule has 1 heterocycles. The van der Waals surface area contributed by atoms with Crippen molar-refractivity contribution in [3.63, 3.8) is 0 Å². The SMILES string of the molecule is CCCCCCCCCCn1nc(C)c(C(O)CC)c1C. The lowest BCUT2D eigenvalue weighted by atomic mass is 10.1. The lowest BCUT2D eigenvalue weighted by Gasteiger charge is -2.09. The molecule has 3 heteroatoms. The molecule has 0 aromatic carbocycles. The highest BCUT2D eigenvalue weighted by Crippen LogP contribution is 2.24. The molecule has 0 bridgehead atoms. The van der Waals surface area contributed by atoms with E-state index in [1.165, 1.54) is 51.4 Å². The van der Waals surface area contributed by atoms with Crippen molar-refractivity contribution >= 4 is 0 Å². The predicted octanol–water partition coefficient (Wildman–Crippen LogP) is 5.08. The molecule has 3 nitrogen and oxygen atoms in total. The van der Waals surface area contributed by atoms with Gasteiger partial charge in [-0.1, -0.05) is 58.8 Å².